The van der Waals surface area contributed by atoms with Crippen LogP contribution in [0.15, 0.2) is 72.8 Å². The molecule has 0 heterocycles. The smallest absolute Gasteiger partial charge is 0.337 e. The maximum Gasteiger partial charge on any atom is 0.337 e. The van der Waals surface area contributed by atoms with Gasteiger partial charge in [0, 0.05) is 18.3 Å². The fourth-order valence-electron chi connectivity index (χ4n) is 2.67. The normalized spacial score (nSPS) is 10.2. The number of methoxy groups -OCH3 is 2. The molecule has 0 aliphatic heterocycles. The molecule has 0 atom stereocenters. The molecule has 0 aromatic heterocycles. The zero-order chi connectivity index (χ0) is 18.4. The van der Waals surface area contributed by atoms with Gasteiger partial charge < -0.3 is 14.8 Å². The molecule has 0 radical (unpaired) electrons. The van der Waals surface area contributed by atoms with Gasteiger partial charge in [-0.25, -0.2) is 4.79 Å². The van der Waals surface area contributed by atoms with Crippen molar-refractivity contribution in [3.63, 3.8) is 0 Å². The van der Waals surface area contributed by atoms with Gasteiger partial charge in [-0.1, -0.05) is 42.5 Å². The number of carbonyl (C=O) groups excluding carboxylic acids is 1. The van der Waals surface area contributed by atoms with E-state index in [9.17, 15) is 4.79 Å². The molecule has 0 aliphatic rings. The first-order chi connectivity index (χ1) is 12.7. The molecular weight excluding hydrogens is 326 g/mol. The predicted octanol–water partition coefficient (Wildman–Crippen LogP) is 4.76. The Hall–Kier alpha value is -3.27. The van der Waals surface area contributed by atoms with Crippen LogP contribution >= 0.6 is 0 Å². The van der Waals surface area contributed by atoms with E-state index in [1.165, 1.54) is 12.7 Å². The summed E-state index contributed by atoms with van der Waals surface area (Å²) in [4.78, 5) is 11.5. The second-order valence-electron chi connectivity index (χ2n) is 5.85. The van der Waals surface area contributed by atoms with E-state index in [0.717, 1.165) is 29.1 Å². The first kappa shape index (κ1) is 17.5. The Morgan fingerprint density at radius 3 is 2.15 bits per heavy atom. The first-order valence-electron chi connectivity index (χ1n) is 8.35. The van der Waals surface area contributed by atoms with Gasteiger partial charge in [0.05, 0.1) is 19.8 Å². The molecule has 26 heavy (non-hydrogen) atoms. The van der Waals surface area contributed by atoms with E-state index in [2.05, 4.69) is 29.6 Å². The summed E-state index contributed by atoms with van der Waals surface area (Å²) < 4.78 is 9.95. The van der Waals surface area contributed by atoms with Crippen molar-refractivity contribution < 1.29 is 14.3 Å². The molecule has 1 N–H and O–H groups in total. The number of esters is 1. The highest BCUT2D eigenvalue weighted by Crippen LogP contribution is 2.22. The van der Waals surface area contributed by atoms with Crippen LogP contribution in [-0.4, -0.2) is 20.2 Å². The minimum Gasteiger partial charge on any atom is -0.497 e. The number of benzene rings is 3. The molecule has 0 spiro atoms. The molecular formula is C22H21NO3. The zero-order valence-corrected chi connectivity index (χ0v) is 14.9. The average Bonchev–Trinajstić information content (AvgIpc) is 2.72. The highest BCUT2D eigenvalue weighted by atomic mass is 16.5. The summed E-state index contributed by atoms with van der Waals surface area (Å²) in [6.45, 7) is 0.731. The van der Waals surface area contributed by atoms with Crippen LogP contribution in [0.2, 0.25) is 0 Å². The van der Waals surface area contributed by atoms with Gasteiger partial charge in [-0.05, 0) is 41.0 Å². The number of anilines is 1. The number of nitrogens with one attached hydrogen (secondary N) is 1. The third kappa shape index (κ3) is 4.22. The second-order valence-corrected chi connectivity index (χ2v) is 5.85. The van der Waals surface area contributed by atoms with Crippen molar-refractivity contribution in [1.29, 1.82) is 0 Å². The van der Waals surface area contributed by atoms with Crippen molar-refractivity contribution in [2.45, 2.75) is 6.54 Å². The minimum absolute atomic E-state index is 0.324. The van der Waals surface area contributed by atoms with Crippen molar-refractivity contribution in [1.82, 2.24) is 0 Å². The summed E-state index contributed by atoms with van der Waals surface area (Å²) in [6, 6.07) is 23.6. The van der Waals surface area contributed by atoms with E-state index < -0.39 is 0 Å². The molecule has 0 unspecified atom stereocenters. The molecule has 4 heteroatoms. The molecule has 132 valence electrons. The Balaban J connectivity index is 1.65. The molecule has 0 aliphatic carbocycles. The maximum atomic E-state index is 11.5. The average molecular weight is 347 g/mol. The molecule has 3 rings (SSSR count). The monoisotopic (exact) mass is 347 g/mol. The zero-order valence-electron chi connectivity index (χ0n) is 14.9. The minimum atomic E-state index is -0.324. The SMILES string of the molecule is COC(=O)c1ccc(-c2ccc(CNc3cccc(OC)c3)cc2)cc1. The van der Waals surface area contributed by atoms with E-state index in [0.29, 0.717) is 5.56 Å². The van der Waals surface area contributed by atoms with E-state index in [1.54, 1.807) is 19.2 Å². The number of ether oxygens (including phenoxy) is 2. The van der Waals surface area contributed by atoms with Crippen molar-refractivity contribution in [2.75, 3.05) is 19.5 Å². The summed E-state index contributed by atoms with van der Waals surface area (Å²) in [7, 11) is 3.05. The topological polar surface area (TPSA) is 47.6 Å². The molecule has 0 bridgehead atoms. The summed E-state index contributed by atoms with van der Waals surface area (Å²) in [5, 5.41) is 3.39. The number of rotatable bonds is 6. The van der Waals surface area contributed by atoms with Crippen molar-refractivity contribution in [2.24, 2.45) is 0 Å². The maximum absolute atomic E-state index is 11.5. The fraction of sp³-hybridized carbons (Fsp3) is 0.136. The summed E-state index contributed by atoms with van der Waals surface area (Å²) in [5.74, 6) is 0.510. The Kier molecular flexibility index (Phi) is 5.54. The lowest BCUT2D eigenvalue weighted by Crippen LogP contribution is -2.00. The summed E-state index contributed by atoms with van der Waals surface area (Å²) >= 11 is 0. The lowest BCUT2D eigenvalue weighted by molar-refractivity contribution is 0.0601. The van der Waals surface area contributed by atoms with Gasteiger partial charge in [-0.3, -0.25) is 0 Å². The molecule has 0 amide bonds. The van der Waals surface area contributed by atoms with Crippen molar-refractivity contribution >= 4 is 11.7 Å². The quantitative estimate of drug-likeness (QED) is 0.653. The van der Waals surface area contributed by atoms with Crippen LogP contribution in [0.1, 0.15) is 15.9 Å². The number of hydrogen-bond acceptors (Lipinski definition) is 4. The first-order valence-corrected chi connectivity index (χ1v) is 8.35. The fourth-order valence-corrected chi connectivity index (χ4v) is 2.67. The van der Waals surface area contributed by atoms with Crippen LogP contribution in [0.4, 0.5) is 5.69 Å². The lowest BCUT2D eigenvalue weighted by atomic mass is 10.0. The molecule has 4 nitrogen and oxygen atoms in total. The largest absolute Gasteiger partial charge is 0.497 e. The Morgan fingerprint density at radius 1 is 0.885 bits per heavy atom. The van der Waals surface area contributed by atoms with Crippen LogP contribution in [0.3, 0.4) is 0 Å². The van der Waals surface area contributed by atoms with E-state index in [-0.39, 0.29) is 5.97 Å². The van der Waals surface area contributed by atoms with Crippen LogP contribution < -0.4 is 10.1 Å². The number of hydrogen-bond donors (Lipinski definition) is 1. The summed E-state index contributed by atoms with van der Waals surface area (Å²) in [6.07, 6.45) is 0. The molecule has 3 aromatic carbocycles. The van der Waals surface area contributed by atoms with Crippen LogP contribution in [-0.2, 0) is 11.3 Å². The second kappa shape index (κ2) is 8.21. The summed E-state index contributed by atoms with van der Waals surface area (Å²) in [5.41, 5.74) is 4.92. The van der Waals surface area contributed by atoms with Crippen LogP contribution in [0, 0.1) is 0 Å². The lowest BCUT2D eigenvalue weighted by Gasteiger charge is -2.09. The standard InChI is InChI=1S/C22H21NO3/c1-25-21-5-3-4-20(14-21)23-15-16-6-8-17(9-7-16)18-10-12-19(13-11-18)22(24)26-2/h3-14,23H,15H2,1-2H3. The Labute approximate surface area is 153 Å². The van der Waals surface area contributed by atoms with Gasteiger partial charge in [0.25, 0.3) is 0 Å². The molecule has 0 saturated carbocycles. The van der Waals surface area contributed by atoms with E-state index in [4.69, 9.17) is 9.47 Å². The van der Waals surface area contributed by atoms with Gasteiger partial charge in [0.15, 0.2) is 0 Å². The molecule has 0 fully saturated rings. The van der Waals surface area contributed by atoms with Gasteiger partial charge in [0.2, 0.25) is 0 Å². The predicted molar refractivity (Wildman–Crippen MR) is 104 cm³/mol. The highest BCUT2D eigenvalue weighted by molar-refractivity contribution is 5.89. The van der Waals surface area contributed by atoms with Crippen LogP contribution in [0.25, 0.3) is 11.1 Å². The number of carbonyl (C=O) groups is 1. The van der Waals surface area contributed by atoms with Gasteiger partial charge in [-0.2, -0.15) is 0 Å². The van der Waals surface area contributed by atoms with Gasteiger partial charge >= 0.3 is 5.97 Å². The van der Waals surface area contributed by atoms with Crippen LogP contribution in [0.5, 0.6) is 5.75 Å². The molecule has 0 saturated heterocycles. The highest BCUT2D eigenvalue weighted by Gasteiger charge is 2.05. The third-order valence-corrected chi connectivity index (χ3v) is 4.16. The van der Waals surface area contributed by atoms with Gasteiger partial charge in [-0.15, -0.1) is 0 Å². The van der Waals surface area contributed by atoms with E-state index in [1.807, 2.05) is 36.4 Å². The Morgan fingerprint density at radius 2 is 1.54 bits per heavy atom. The van der Waals surface area contributed by atoms with Crippen molar-refractivity contribution in [3.8, 4) is 16.9 Å². The molecule has 3 aromatic rings. The Bertz CT molecular complexity index is 871. The van der Waals surface area contributed by atoms with Crippen molar-refractivity contribution in [3.05, 3.63) is 83.9 Å². The van der Waals surface area contributed by atoms with Gasteiger partial charge in [0.1, 0.15) is 5.75 Å². The third-order valence-electron chi connectivity index (χ3n) is 4.16. The van der Waals surface area contributed by atoms with E-state index >= 15 is 0 Å².